The molecule has 0 aromatic heterocycles. The first-order chi connectivity index (χ1) is 13.2. The Morgan fingerprint density at radius 2 is 1.85 bits per heavy atom. The van der Waals surface area contributed by atoms with Gasteiger partial charge in [-0.15, -0.1) is 0 Å². The molecule has 142 valence electrons. The number of amides is 1. The molecular formula is C21H23FN2O3. The molecule has 2 aliphatic heterocycles. The Kier molecular flexibility index (Phi) is 5.25. The molecule has 2 heterocycles. The van der Waals surface area contributed by atoms with Crippen LogP contribution in [-0.4, -0.2) is 50.3 Å². The number of rotatable bonds is 3. The van der Waals surface area contributed by atoms with Crippen LogP contribution < -0.4 is 9.64 Å². The van der Waals surface area contributed by atoms with E-state index in [2.05, 4.69) is 17.0 Å². The maximum atomic E-state index is 13.9. The van der Waals surface area contributed by atoms with Gasteiger partial charge in [-0.3, -0.25) is 4.79 Å². The summed E-state index contributed by atoms with van der Waals surface area (Å²) in [5.41, 5.74) is 2.53. The number of carbonyl (C=O) groups is 1. The highest BCUT2D eigenvalue weighted by molar-refractivity contribution is 5.79. The fourth-order valence-electron chi connectivity index (χ4n) is 3.53. The lowest BCUT2D eigenvalue weighted by molar-refractivity contribution is -0.131. The summed E-state index contributed by atoms with van der Waals surface area (Å²) in [7, 11) is 0. The molecule has 27 heavy (non-hydrogen) atoms. The van der Waals surface area contributed by atoms with Crippen molar-refractivity contribution in [2.45, 2.75) is 13.0 Å². The second-order valence-electron chi connectivity index (χ2n) is 6.82. The van der Waals surface area contributed by atoms with Crippen molar-refractivity contribution >= 4 is 11.6 Å². The van der Waals surface area contributed by atoms with Crippen molar-refractivity contribution in [3.05, 3.63) is 59.4 Å². The van der Waals surface area contributed by atoms with Crippen LogP contribution in [0.4, 0.5) is 10.1 Å². The molecule has 1 fully saturated rings. The van der Waals surface area contributed by atoms with E-state index in [1.165, 1.54) is 6.07 Å². The van der Waals surface area contributed by atoms with Crippen LogP contribution in [0.5, 0.6) is 5.75 Å². The zero-order chi connectivity index (χ0) is 18.6. The van der Waals surface area contributed by atoms with Gasteiger partial charge in [0.25, 0.3) is 0 Å². The lowest BCUT2D eigenvalue weighted by Gasteiger charge is -2.29. The van der Waals surface area contributed by atoms with Gasteiger partial charge >= 0.3 is 0 Å². The van der Waals surface area contributed by atoms with E-state index in [1.807, 2.05) is 6.07 Å². The predicted octanol–water partition coefficient (Wildman–Crippen LogP) is 2.63. The maximum absolute atomic E-state index is 13.9. The van der Waals surface area contributed by atoms with Gasteiger partial charge in [-0.25, -0.2) is 4.39 Å². The van der Waals surface area contributed by atoms with Gasteiger partial charge < -0.3 is 19.3 Å². The van der Waals surface area contributed by atoms with Gasteiger partial charge in [0.2, 0.25) is 5.91 Å². The van der Waals surface area contributed by atoms with Crippen LogP contribution in [0.1, 0.15) is 11.1 Å². The van der Waals surface area contributed by atoms with Crippen LogP contribution >= 0.6 is 0 Å². The summed E-state index contributed by atoms with van der Waals surface area (Å²) in [6.45, 7) is 4.56. The quantitative estimate of drug-likeness (QED) is 0.833. The molecule has 1 amide bonds. The molecule has 6 heteroatoms. The number of benzene rings is 2. The van der Waals surface area contributed by atoms with E-state index in [0.717, 1.165) is 43.3 Å². The van der Waals surface area contributed by atoms with Crippen molar-refractivity contribution in [1.82, 2.24) is 4.90 Å². The lowest BCUT2D eigenvalue weighted by Crippen LogP contribution is -2.36. The summed E-state index contributed by atoms with van der Waals surface area (Å²) < 4.78 is 25.1. The molecule has 0 saturated carbocycles. The molecule has 5 nitrogen and oxygen atoms in total. The van der Waals surface area contributed by atoms with Gasteiger partial charge in [0.1, 0.15) is 18.2 Å². The second-order valence-corrected chi connectivity index (χ2v) is 6.82. The van der Waals surface area contributed by atoms with Crippen molar-refractivity contribution in [3.63, 3.8) is 0 Å². The highest BCUT2D eigenvalue weighted by Crippen LogP contribution is 2.29. The van der Waals surface area contributed by atoms with Crippen LogP contribution in [0.25, 0.3) is 0 Å². The Morgan fingerprint density at radius 3 is 2.67 bits per heavy atom. The molecule has 4 rings (SSSR count). The molecule has 0 unspecified atom stereocenters. The highest BCUT2D eigenvalue weighted by atomic mass is 19.1. The minimum Gasteiger partial charge on any atom is -0.491 e. The molecule has 0 N–H and O–H groups in total. The molecular weight excluding hydrogens is 347 g/mol. The van der Waals surface area contributed by atoms with E-state index in [4.69, 9.17) is 9.47 Å². The summed E-state index contributed by atoms with van der Waals surface area (Å²) in [6, 6.07) is 12.6. The summed E-state index contributed by atoms with van der Waals surface area (Å²) >= 11 is 0. The van der Waals surface area contributed by atoms with E-state index < -0.39 is 0 Å². The fraction of sp³-hybridized carbons (Fsp3) is 0.381. The summed E-state index contributed by atoms with van der Waals surface area (Å²) in [6.07, 6.45) is 0.0607. The van der Waals surface area contributed by atoms with Gasteiger partial charge in [-0.2, -0.15) is 0 Å². The monoisotopic (exact) mass is 370 g/mol. The number of halogens is 1. The average Bonchev–Trinajstić information content (AvgIpc) is 2.92. The molecule has 0 bridgehead atoms. The van der Waals surface area contributed by atoms with Crippen molar-refractivity contribution in [2.75, 3.05) is 44.4 Å². The average molecular weight is 370 g/mol. The van der Waals surface area contributed by atoms with Crippen molar-refractivity contribution in [3.8, 4) is 5.75 Å². The fourth-order valence-corrected chi connectivity index (χ4v) is 3.53. The Balaban J connectivity index is 1.51. The Labute approximate surface area is 158 Å². The number of nitrogens with zero attached hydrogens (tertiary/aromatic N) is 2. The summed E-state index contributed by atoms with van der Waals surface area (Å²) in [5.74, 6) is 0.383. The van der Waals surface area contributed by atoms with E-state index in [0.29, 0.717) is 25.3 Å². The third-order valence-corrected chi connectivity index (χ3v) is 5.05. The first-order valence-corrected chi connectivity index (χ1v) is 9.30. The molecule has 0 radical (unpaired) electrons. The van der Waals surface area contributed by atoms with Gasteiger partial charge in [0, 0.05) is 30.9 Å². The minimum atomic E-state index is -0.341. The molecule has 2 aromatic rings. The number of hydrogen-bond acceptors (Lipinski definition) is 4. The van der Waals surface area contributed by atoms with Crippen LogP contribution in [0.3, 0.4) is 0 Å². The Hall–Kier alpha value is -2.60. The van der Waals surface area contributed by atoms with E-state index in [1.54, 1.807) is 23.1 Å². The first kappa shape index (κ1) is 17.8. The SMILES string of the molecule is O=C(Cc1ccccc1F)N1CCOc2ccc(N3CCOCC3)cc2C1. The number of anilines is 1. The zero-order valence-corrected chi connectivity index (χ0v) is 15.2. The zero-order valence-electron chi connectivity index (χ0n) is 15.2. The van der Waals surface area contributed by atoms with Crippen molar-refractivity contribution in [1.29, 1.82) is 0 Å². The standard InChI is InChI=1S/C21H23FN2O3/c22-19-4-2-1-3-16(19)14-21(25)24-9-12-27-20-6-5-18(13-17(20)15-24)23-7-10-26-11-8-23/h1-6,13H,7-12,14-15H2. The lowest BCUT2D eigenvalue weighted by atomic mass is 10.1. The van der Waals surface area contributed by atoms with Crippen molar-refractivity contribution < 1.29 is 18.7 Å². The topological polar surface area (TPSA) is 42.0 Å². The Bertz CT molecular complexity index is 821. The maximum Gasteiger partial charge on any atom is 0.227 e. The van der Waals surface area contributed by atoms with Gasteiger partial charge in [-0.1, -0.05) is 18.2 Å². The number of fused-ring (bicyclic) bond motifs is 1. The third-order valence-electron chi connectivity index (χ3n) is 5.05. The van der Waals surface area contributed by atoms with Gasteiger partial charge in [0.15, 0.2) is 0 Å². The molecule has 0 aliphatic carbocycles. The largest absolute Gasteiger partial charge is 0.491 e. The van der Waals surface area contributed by atoms with E-state index in [9.17, 15) is 9.18 Å². The highest BCUT2D eigenvalue weighted by Gasteiger charge is 2.22. The molecule has 2 aliphatic rings. The third kappa shape index (κ3) is 4.06. The van der Waals surface area contributed by atoms with Crippen molar-refractivity contribution in [2.24, 2.45) is 0 Å². The Morgan fingerprint density at radius 1 is 1.04 bits per heavy atom. The van der Waals surface area contributed by atoms with Gasteiger partial charge in [0.05, 0.1) is 26.2 Å². The van der Waals surface area contributed by atoms with E-state index >= 15 is 0 Å². The predicted molar refractivity (Wildman–Crippen MR) is 100 cm³/mol. The first-order valence-electron chi connectivity index (χ1n) is 9.30. The smallest absolute Gasteiger partial charge is 0.227 e. The minimum absolute atomic E-state index is 0.0607. The number of carbonyl (C=O) groups excluding carboxylic acids is 1. The van der Waals surface area contributed by atoms with Crippen LogP contribution in [0.2, 0.25) is 0 Å². The second kappa shape index (κ2) is 7.96. The van der Waals surface area contributed by atoms with E-state index in [-0.39, 0.29) is 18.1 Å². The summed E-state index contributed by atoms with van der Waals surface area (Å²) in [5, 5.41) is 0. The molecule has 0 atom stereocenters. The number of morpholine rings is 1. The normalized spacial score (nSPS) is 17.1. The van der Waals surface area contributed by atoms with Crippen LogP contribution in [0, 0.1) is 5.82 Å². The van der Waals surface area contributed by atoms with Crippen LogP contribution in [0.15, 0.2) is 42.5 Å². The van der Waals surface area contributed by atoms with Gasteiger partial charge in [-0.05, 0) is 29.8 Å². The molecule has 1 saturated heterocycles. The number of hydrogen-bond donors (Lipinski definition) is 0. The molecule has 2 aromatic carbocycles. The molecule has 0 spiro atoms. The number of ether oxygens (including phenoxy) is 2. The summed E-state index contributed by atoms with van der Waals surface area (Å²) in [4.78, 5) is 16.8. The van der Waals surface area contributed by atoms with Crippen LogP contribution in [-0.2, 0) is 22.5 Å².